The molecule has 1 amide bonds. The van der Waals surface area contributed by atoms with E-state index < -0.39 is 23.7 Å². The van der Waals surface area contributed by atoms with Crippen molar-refractivity contribution in [2.24, 2.45) is 0 Å². The fraction of sp³-hybridized carbons (Fsp3) is 0.833. The zero-order valence-electron chi connectivity index (χ0n) is 11.6. The van der Waals surface area contributed by atoms with Crippen LogP contribution in [-0.4, -0.2) is 54.4 Å². The maximum absolute atomic E-state index is 12.0. The maximum atomic E-state index is 12.0. The summed E-state index contributed by atoms with van der Waals surface area (Å²) in [6.45, 7) is 5.59. The minimum atomic E-state index is -0.710. The normalized spacial score (nSPS) is 23.3. The van der Waals surface area contributed by atoms with Gasteiger partial charge in [0.2, 0.25) is 0 Å². The molecule has 0 bridgehead atoms. The van der Waals surface area contributed by atoms with Crippen LogP contribution in [0.4, 0.5) is 4.79 Å². The third kappa shape index (κ3) is 4.54. The number of nitrogens with zero attached hydrogens (tertiary/aromatic N) is 1. The Morgan fingerprint density at radius 2 is 2.00 bits per heavy atom. The zero-order valence-corrected chi connectivity index (χ0v) is 12.4. The van der Waals surface area contributed by atoms with Gasteiger partial charge in [0.15, 0.2) is 6.07 Å². The highest BCUT2D eigenvalue weighted by Crippen LogP contribution is 2.23. The van der Waals surface area contributed by atoms with Gasteiger partial charge in [0.25, 0.3) is 0 Å². The molecule has 0 aromatic heterocycles. The molecule has 19 heavy (non-hydrogen) atoms. The molecule has 1 fully saturated rings. The molecular weight excluding hydrogens is 274 g/mol. The number of alkyl halides is 1. The molecule has 1 aliphatic rings. The Morgan fingerprint density at radius 1 is 1.37 bits per heavy atom. The predicted molar refractivity (Wildman–Crippen MR) is 69.0 cm³/mol. The van der Waals surface area contributed by atoms with Crippen molar-refractivity contribution in [3.63, 3.8) is 0 Å². The molecule has 1 saturated heterocycles. The Balaban J connectivity index is 2.76. The number of carbonyl (C=O) groups excluding carboxylic acids is 2. The molecule has 0 spiro atoms. The molecule has 2 atom stereocenters. The van der Waals surface area contributed by atoms with Gasteiger partial charge in [-0.2, -0.15) is 0 Å². The molecule has 0 saturated carbocycles. The van der Waals surface area contributed by atoms with E-state index in [1.165, 1.54) is 12.0 Å². The van der Waals surface area contributed by atoms with Crippen LogP contribution in [0.3, 0.4) is 0 Å². The van der Waals surface area contributed by atoms with Gasteiger partial charge < -0.3 is 14.2 Å². The summed E-state index contributed by atoms with van der Waals surface area (Å²) in [5.41, 5.74) is -0.622. The Morgan fingerprint density at radius 3 is 2.47 bits per heavy atom. The maximum Gasteiger partial charge on any atom is 0.411 e. The highest BCUT2D eigenvalue weighted by molar-refractivity contribution is 6.17. The van der Waals surface area contributed by atoms with Crippen LogP contribution >= 0.6 is 11.6 Å². The third-order valence-corrected chi connectivity index (χ3v) is 2.80. The van der Waals surface area contributed by atoms with Gasteiger partial charge in [0.05, 0.1) is 12.6 Å². The van der Waals surface area contributed by atoms with Crippen molar-refractivity contribution >= 4 is 23.7 Å². The van der Waals surface area contributed by atoms with E-state index in [2.05, 4.69) is 0 Å². The number of hydrogen-bond acceptors (Lipinski definition) is 5. The fourth-order valence-electron chi connectivity index (χ4n) is 1.86. The standard InChI is InChI=1S/C12H20ClNO5/c1-12(2,3)19-11(16)14-6-8(17-4)5-9(14)10(15)18-7-13/h8-9H,5-7H2,1-4H3/t8-,9-/m0/s1. The van der Waals surface area contributed by atoms with E-state index in [1.807, 2.05) is 0 Å². The van der Waals surface area contributed by atoms with Crippen LogP contribution in [0, 0.1) is 0 Å². The van der Waals surface area contributed by atoms with Crippen molar-refractivity contribution in [2.45, 2.75) is 44.9 Å². The van der Waals surface area contributed by atoms with Crippen LogP contribution < -0.4 is 0 Å². The first kappa shape index (κ1) is 16.0. The Bertz CT molecular complexity index is 342. The van der Waals surface area contributed by atoms with Crippen molar-refractivity contribution in [1.29, 1.82) is 0 Å². The average molecular weight is 294 g/mol. The molecule has 7 heteroatoms. The van der Waals surface area contributed by atoms with E-state index in [1.54, 1.807) is 20.8 Å². The van der Waals surface area contributed by atoms with Gasteiger partial charge >= 0.3 is 12.1 Å². The van der Waals surface area contributed by atoms with Gasteiger partial charge in [0, 0.05) is 13.5 Å². The number of methoxy groups -OCH3 is 1. The number of rotatable bonds is 3. The molecule has 1 aliphatic heterocycles. The van der Waals surface area contributed by atoms with Crippen LogP contribution in [0.25, 0.3) is 0 Å². The molecule has 0 aliphatic carbocycles. The lowest BCUT2D eigenvalue weighted by Gasteiger charge is -2.27. The van der Waals surface area contributed by atoms with E-state index in [9.17, 15) is 9.59 Å². The lowest BCUT2D eigenvalue weighted by atomic mass is 10.2. The molecule has 110 valence electrons. The lowest BCUT2D eigenvalue weighted by Crippen LogP contribution is -2.44. The van der Waals surface area contributed by atoms with Crippen LogP contribution in [0.1, 0.15) is 27.2 Å². The third-order valence-electron chi connectivity index (χ3n) is 2.69. The minimum absolute atomic E-state index is 0.208. The van der Waals surface area contributed by atoms with Crippen molar-refractivity contribution in [3.8, 4) is 0 Å². The summed E-state index contributed by atoms with van der Waals surface area (Å²) in [6, 6.07) is -0.951. The SMILES string of the molecule is CO[C@H]1C[C@@H](C(=O)OCCl)N(C(=O)OC(C)(C)C)C1. The second-order valence-corrected chi connectivity index (χ2v) is 5.53. The molecule has 1 heterocycles. The second-order valence-electron chi connectivity index (χ2n) is 5.31. The van der Waals surface area contributed by atoms with Gasteiger partial charge in [-0.15, -0.1) is 0 Å². The summed E-state index contributed by atoms with van der Waals surface area (Å²) in [5, 5.41) is 0. The summed E-state index contributed by atoms with van der Waals surface area (Å²) in [7, 11) is 1.53. The van der Waals surface area contributed by atoms with Crippen molar-refractivity contribution in [2.75, 3.05) is 19.7 Å². The van der Waals surface area contributed by atoms with Gasteiger partial charge in [-0.3, -0.25) is 4.90 Å². The molecule has 0 aromatic carbocycles. The summed E-state index contributed by atoms with van der Waals surface area (Å²) in [4.78, 5) is 25.2. The molecule has 0 N–H and O–H groups in total. The van der Waals surface area contributed by atoms with Crippen LogP contribution in [0.15, 0.2) is 0 Å². The van der Waals surface area contributed by atoms with Crippen molar-refractivity contribution < 1.29 is 23.8 Å². The largest absolute Gasteiger partial charge is 0.448 e. The van der Waals surface area contributed by atoms with E-state index in [0.29, 0.717) is 13.0 Å². The van der Waals surface area contributed by atoms with Crippen molar-refractivity contribution in [3.05, 3.63) is 0 Å². The molecule has 1 rings (SSSR count). The summed E-state index contributed by atoms with van der Waals surface area (Å²) < 4.78 is 15.2. The number of likely N-dealkylation sites (tertiary alicyclic amines) is 1. The number of esters is 1. The molecule has 0 radical (unpaired) electrons. The summed E-state index contributed by atoms with van der Waals surface area (Å²) >= 11 is 5.37. The molecule has 0 aromatic rings. The van der Waals surface area contributed by atoms with Crippen LogP contribution in [0.5, 0.6) is 0 Å². The number of hydrogen-bond donors (Lipinski definition) is 0. The van der Waals surface area contributed by atoms with E-state index >= 15 is 0 Å². The van der Waals surface area contributed by atoms with Gasteiger partial charge in [-0.05, 0) is 20.8 Å². The number of amides is 1. The summed E-state index contributed by atoms with van der Waals surface area (Å²) in [5.74, 6) is -0.541. The monoisotopic (exact) mass is 293 g/mol. The minimum Gasteiger partial charge on any atom is -0.448 e. The first-order valence-corrected chi connectivity index (χ1v) is 6.57. The summed E-state index contributed by atoms with van der Waals surface area (Å²) in [6.07, 6.45) is -0.380. The number of ether oxygens (including phenoxy) is 3. The Labute approximate surface area is 117 Å². The highest BCUT2D eigenvalue weighted by Gasteiger charge is 2.42. The first-order chi connectivity index (χ1) is 8.78. The smallest absolute Gasteiger partial charge is 0.411 e. The molecule has 6 nitrogen and oxygen atoms in total. The lowest BCUT2D eigenvalue weighted by molar-refractivity contribution is -0.146. The van der Waals surface area contributed by atoms with Crippen LogP contribution in [-0.2, 0) is 19.0 Å². The average Bonchev–Trinajstić information content (AvgIpc) is 2.71. The Hall–Kier alpha value is -1.01. The van der Waals surface area contributed by atoms with Crippen LogP contribution in [0.2, 0.25) is 0 Å². The topological polar surface area (TPSA) is 65.1 Å². The van der Waals surface area contributed by atoms with Gasteiger partial charge in [-0.1, -0.05) is 11.6 Å². The number of halogens is 1. The van der Waals surface area contributed by atoms with E-state index in [4.69, 9.17) is 25.8 Å². The van der Waals surface area contributed by atoms with E-state index in [-0.39, 0.29) is 12.2 Å². The predicted octanol–water partition coefficient (Wildman–Crippen LogP) is 1.75. The zero-order chi connectivity index (χ0) is 14.6. The second kappa shape index (κ2) is 6.43. The van der Waals surface area contributed by atoms with Crippen molar-refractivity contribution in [1.82, 2.24) is 4.90 Å². The molecule has 0 unspecified atom stereocenters. The van der Waals surface area contributed by atoms with Gasteiger partial charge in [-0.25, -0.2) is 9.59 Å². The molecular formula is C12H20ClNO5. The highest BCUT2D eigenvalue weighted by atomic mass is 35.5. The fourth-order valence-corrected chi connectivity index (χ4v) is 1.97. The van der Waals surface area contributed by atoms with E-state index in [0.717, 1.165) is 0 Å². The number of carbonyl (C=O) groups is 2. The first-order valence-electron chi connectivity index (χ1n) is 6.03. The Kier molecular flexibility index (Phi) is 5.43. The van der Waals surface area contributed by atoms with Gasteiger partial charge in [0.1, 0.15) is 11.6 Å². The quantitative estimate of drug-likeness (QED) is 0.586.